The van der Waals surface area contributed by atoms with Crippen LogP contribution in [0.5, 0.6) is 0 Å². The first-order chi connectivity index (χ1) is 7.70. The summed E-state index contributed by atoms with van der Waals surface area (Å²) in [5.74, 6) is 2.11. The second-order valence-electron chi connectivity index (χ2n) is 3.35. The van der Waals surface area contributed by atoms with E-state index in [1.54, 1.807) is 12.1 Å². The zero-order valence-corrected chi connectivity index (χ0v) is 9.13. The van der Waals surface area contributed by atoms with Gasteiger partial charge in [0.15, 0.2) is 0 Å². The number of halogens is 2. The van der Waals surface area contributed by atoms with Gasteiger partial charge in [0.1, 0.15) is 5.82 Å². The monoisotopic (exact) mass is 230 g/mol. The van der Waals surface area contributed by atoms with E-state index in [-0.39, 0.29) is 5.02 Å². The van der Waals surface area contributed by atoms with Crippen LogP contribution in [0.15, 0.2) is 42.5 Å². The summed E-state index contributed by atoms with van der Waals surface area (Å²) >= 11 is 5.61. The van der Waals surface area contributed by atoms with Gasteiger partial charge in [-0.15, -0.1) is 6.42 Å². The summed E-state index contributed by atoms with van der Waals surface area (Å²) in [5, 5.41) is 0.129. The predicted molar refractivity (Wildman–Crippen MR) is 64.8 cm³/mol. The number of rotatable bonds is 1. The van der Waals surface area contributed by atoms with E-state index >= 15 is 0 Å². The molecule has 0 heterocycles. The zero-order chi connectivity index (χ0) is 11.5. The molecule has 0 saturated heterocycles. The Bertz CT molecular complexity index is 550. The Morgan fingerprint density at radius 1 is 1.00 bits per heavy atom. The number of hydrogen-bond donors (Lipinski definition) is 0. The molecule has 0 aliphatic rings. The molecule has 0 N–H and O–H groups in total. The molecule has 2 aromatic carbocycles. The van der Waals surface area contributed by atoms with Gasteiger partial charge in [-0.1, -0.05) is 35.7 Å². The predicted octanol–water partition coefficient (Wildman–Crippen LogP) is 4.13. The van der Waals surface area contributed by atoms with Crippen LogP contribution in [-0.2, 0) is 0 Å². The minimum absolute atomic E-state index is 0.129. The quantitative estimate of drug-likeness (QED) is 0.647. The highest BCUT2D eigenvalue weighted by molar-refractivity contribution is 6.30. The summed E-state index contributed by atoms with van der Waals surface area (Å²) in [5.41, 5.74) is 2.50. The second kappa shape index (κ2) is 4.38. The minimum Gasteiger partial charge on any atom is -0.205 e. The van der Waals surface area contributed by atoms with Crippen LogP contribution in [0.25, 0.3) is 11.1 Å². The average molecular weight is 231 g/mol. The maximum atomic E-state index is 13.2. The molecule has 0 radical (unpaired) electrons. The lowest BCUT2D eigenvalue weighted by Crippen LogP contribution is -1.82. The molecule has 0 nitrogen and oxygen atoms in total. The van der Waals surface area contributed by atoms with Crippen LogP contribution in [0, 0.1) is 18.2 Å². The fourth-order valence-electron chi connectivity index (χ4n) is 1.43. The molecular weight excluding hydrogens is 223 g/mol. The van der Waals surface area contributed by atoms with Crippen LogP contribution in [0.4, 0.5) is 4.39 Å². The number of terminal acetylenes is 1. The van der Waals surface area contributed by atoms with Crippen molar-refractivity contribution in [3.63, 3.8) is 0 Å². The summed E-state index contributed by atoms with van der Waals surface area (Å²) in [7, 11) is 0. The summed E-state index contributed by atoms with van der Waals surface area (Å²) < 4.78 is 13.2. The fourth-order valence-corrected chi connectivity index (χ4v) is 1.55. The molecular formula is C14H8ClF. The van der Waals surface area contributed by atoms with Gasteiger partial charge in [0.25, 0.3) is 0 Å². The maximum absolute atomic E-state index is 13.2. The third-order valence-electron chi connectivity index (χ3n) is 2.30. The Morgan fingerprint density at radius 2 is 1.62 bits per heavy atom. The molecule has 0 aliphatic carbocycles. The molecule has 2 aromatic rings. The molecule has 0 fully saturated rings. The lowest BCUT2D eigenvalue weighted by Gasteiger charge is -2.03. The van der Waals surface area contributed by atoms with Gasteiger partial charge >= 0.3 is 0 Å². The first kappa shape index (κ1) is 10.7. The van der Waals surface area contributed by atoms with E-state index in [2.05, 4.69) is 5.92 Å². The summed E-state index contributed by atoms with van der Waals surface area (Å²) in [6, 6.07) is 12.1. The molecule has 0 aliphatic heterocycles. The Kier molecular flexibility index (Phi) is 2.94. The van der Waals surface area contributed by atoms with Crippen molar-refractivity contribution in [1.29, 1.82) is 0 Å². The molecule has 0 bridgehead atoms. The first-order valence-electron chi connectivity index (χ1n) is 4.73. The van der Waals surface area contributed by atoms with Gasteiger partial charge in [-0.05, 0) is 35.4 Å². The average Bonchev–Trinajstić information content (AvgIpc) is 2.33. The van der Waals surface area contributed by atoms with Crippen molar-refractivity contribution in [3.8, 4) is 23.5 Å². The molecule has 2 heteroatoms. The van der Waals surface area contributed by atoms with Crippen LogP contribution in [-0.4, -0.2) is 0 Å². The van der Waals surface area contributed by atoms with Crippen molar-refractivity contribution in [1.82, 2.24) is 0 Å². The van der Waals surface area contributed by atoms with Gasteiger partial charge in [-0.3, -0.25) is 0 Å². The Labute approximate surface area is 98.7 Å². The summed E-state index contributed by atoms with van der Waals surface area (Å²) in [6.07, 6.45) is 5.26. The van der Waals surface area contributed by atoms with E-state index in [9.17, 15) is 4.39 Å². The first-order valence-corrected chi connectivity index (χ1v) is 5.10. The maximum Gasteiger partial charge on any atom is 0.142 e. The van der Waals surface area contributed by atoms with Gasteiger partial charge in [0, 0.05) is 5.56 Å². The van der Waals surface area contributed by atoms with Gasteiger partial charge < -0.3 is 0 Å². The fraction of sp³-hybridized carbons (Fsp3) is 0. The standard InChI is InChI=1S/C14H8ClF/c1-2-10-3-5-11(6-4-10)12-7-8-13(15)14(16)9-12/h1,3-9H. The van der Waals surface area contributed by atoms with Crippen LogP contribution >= 0.6 is 11.6 Å². The smallest absolute Gasteiger partial charge is 0.142 e. The normalized spacial score (nSPS) is 9.81. The van der Waals surface area contributed by atoms with E-state index in [0.29, 0.717) is 0 Å². The van der Waals surface area contributed by atoms with E-state index in [4.69, 9.17) is 18.0 Å². The van der Waals surface area contributed by atoms with Gasteiger partial charge in [-0.25, -0.2) is 4.39 Å². The van der Waals surface area contributed by atoms with Crippen LogP contribution in [0.1, 0.15) is 5.56 Å². The Morgan fingerprint density at radius 3 is 2.19 bits per heavy atom. The van der Waals surface area contributed by atoms with Crippen LogP contribution in [0.2, 0.25) is 5.02 Å². The second-order valence-corrected chi connectivity index (χ2v) is 3.76. The van der Waals surface area contributed by atoms with E-state index in [1.165, 1.54) is 6.07 Å². The van der Waals surface area contributed by atoms with Crippen molar-refractivity contribution >= 4 is 11.6 Å². The van der Waals surface area contributed by atoms with E-state index in [1.807, 2.05) is 24.3 Å². The Balaban J connectivity index is 2.43. The highest BCUT2D eigenvalue weighted by Crippen LogP contribution is 2.24. The van der Waals surface area contributed by atoms with Crippen molar-refractivity contribution < 1.29 is 4.39 Å². The van der Waals surface area contributed by atoms with Gasteiger partial charge in [-0.2, -0.15) is 0 Å². The van der Waals surface area contributed by atoms with E-state index in [0.717, 1.165) is 16.7 Å². The molecule has 2 rings (SSSR count). The highest BCUT2D eigenvalue weighted by Gasteiger charge is 2.02. The van der Waals surface area contributed by atoms with Gasteiger partial charge in [0.2, 0.25) is 0 Å². The lowest BCUT2D eigenvalue weighted by atomic mass is 10.0. The molecule has 16 heavy (non-hydrogen) atoms. The number of hydrogen-bond acceptors (Lipinski definition) is 0. The third-order valence-corrected chi connectivity index (χ3v) is 2.61. The molecule has 0 atom stereocenters. The van der Waals surface area contributed by atoms with Crippen LogP contribution in [0.3, 0.4) is 0 Å². The SMILES string of the molecule is C#Cc1ccc(-c2ccc(Cl)c(F)c2)cc1. The molecule has 0 spiro atoms. The third kappa shape index (κ3) is 2.08. The zero-order valence-electron chi connectivity index (χ0n) is 8.37. The van der Waals surface area contributed by atoms with Crippen LogP contribution < -0.4 is 0 Å². The summed E-state index contributed by atoms with van der Waals surface area (Å²) in [4.78, 5) is 0. The molecule has 78 valence electrons. The van der Waals surface area contributed by atoms with Gasteiger partial charge in [0.05, 0.1) is 5.02 Å². The minimum atomic E-state index is -0.416. The lowest BCUT2D eigenvalue weighted by molar-refractivity contribution is 0.629. The molecule has 0 aromatic heterocycles. The Hall–Kier alpha value is -1.78. The highest BCUT2D eigenvalue weighted by atomic mass is 35.5. The van der Waals surface area contributed by atoms with Crippen molar-refractivity contribution in [3.05, 3.63) is 58.9 Å². The molecule has 0 saturated carbocycles. The largest absolute Gasteiger partial charge is 0.205 e. The molecule has 0 amide bonds. The molecule has 0 unspecified atom stereocenters. The van der Waals surface area contributed by atoms with E-state index < -0.39 is 5.82 Å². The van der Waals surface area contributed by atoms with Crippen molar-refractivity contribution in [2.24, 2.45) is 0 Å². The summed E-state index contributed by atoms with van der Waals surface area (Å²) in [6.45, 7) is 0. The van der Waals surface area contributed by atoms with Crippen molar-refractivity contribution in [2.45, 2.75) is 0 Å². The number of benzene rings is 2. The van der Waals surface area contributed by atoms with Crippen molar-refractivity contribution in [2.75, 3.05) is 0 Å². The topological polar surface area (TPSA) is 0 Å².